The van der Waals surface area contributed by atoms with Crippen molar-refractivity contribution < 1.29 is 26.3 Å². The molecule has 6 nitrogen and oxygen atoms in total. The summed E-state index contributed by atoms with van der Waals surface area (Å²) in [5.74, 6) is -1.91. The maximum atomic E-state index is 12.8. The minimum Gasteiger partial charge on any atom is -0.373 e. The summed E-state index contributed by atoms with van der Waals surface area (Å²) in [4.78, 5) is 7.12. The van der Waals surface area contributed by atoms with Gasteiger partial charge in [0.25, 0.3) is 0 Å². The average molecular weight is 528 g/mol. The van der Waals surface area contributed by atoms with Gasteiger partial charge in [0.15, 0.2) is 5.75 Å². The zero-order valence-electron chi connectivity index (χ0n) is 21.6. The van der Waals surface area contributed by atoms with Crippen molar-refractivity contribution in [1.82, 2.24) is 14.6 Å². The van der Waals surface area contributed by atoms with Gasteiger partial charge in [0.1, 0.15) is 0 Å². The number of aromatic nitrogens is 1. The lowest BCUT2D eigenvalue weighted by molar-refractivity contribution is -0.106. The molecule has 0 unspecified atom stereocenters. The van der Waals surface area contributed by atoms with Crippen LogP contribution in [-0.2, 0) is 40.7 Å². The number of benzene rings is 1. The number of pyridine rings is 1. The van der Waals surface area contributed by atoms with Crippen LogP contribution >= 0.6 is 0 Å². The summed E-state index contributed by atoms with van der Waals surface area (Å²) in [6.45, 7) is 12.2. The van der Waals surface area contributed by atoms with Crippen LogP contribution in [0.3, 0.4) is 0 Å². The Kier molecular flexibility index (Phi) is 8.86. The molecule has 1 saturated heterocycles. The lowest BCUT2D eigenvalue weighted by Gasteiger charge is -2.38. The van der Waals surface area contributed by atoms with Crippen LogP contribution in [0.5, 0.6) is 0 Å². The van der Waals surface area contributed by atoms with Gasteiger partial charge < -0.3 is 4.74 Å². The number of alkyl halides is 3. The number of ether oxygens (including phenoxy) is 1. The number of sulfonamides is 1. The average Bonchev–Trinajstić information content (AvgIpc) is 2.76. The van der Waals surface area contributed by atoms with Crippen LogP contribution < -0.4 is 4.72 Å². The Morgan fingerprint density at radius 1 is 1.14 bits per heavy atom. The molecule has 0 spiro atoms. The highest BCUT2D eigenvalue weighted by atomic mass is 32.2. The maximum absolute atomic E-state index is 12.8. The number of rotatable bonds is 9. The molecule has 1 aliphatic rings. The molecule has 0 atom stereocenters. The largest absolute Gasteiger partial charge is 0.404 e. The predicted molar refractivity (Wildman–Crippen MR) is 135 cm³/mol. The van der Waals surface area contributed by atoms with Gasteiger partial charge in [-0.05, 0) is 61.9 Å². The molecular weight excluding hydrogens is 491 g/mol. The normalized spacial score (nSPS) is 16.9. The summed E-state index contributed by atoms with van der Waals surface area (Å²) in [6, 6.07) is 7.92. The topological polar surface area (TPSA) is 71.5 Å². The van der Waals surface area contributed by atoms with Crippen molar-refractivity contribution in [3.63, 3.8) is 0 Å². The van der Waals surface area contributed by atoms with E-state index in [1.807, 2.05) is 45.0 Å². The number of nitrogens with zero attached hydrogens (tertiary/aromatic N) is 2. The van der Waals surface area contributed by atoms with E-state index in [1.165, 1.54) is 0 Å². The summed E-state index contributed by atoms with van der Waals surface area (Å²) < 4.78 is 70.7. The molecule has 1 fully saturated rings. The molecule has 0 radical (unpaired) electrons. The molecule has 36 heavy (non-hydrogen) atoms. The van der Waals surface area contributed by atoms with E-state index in [0.717, 1.165) is 40.8 Å². The number of morpholine rings is 1. The van der Waals surface area contributed by atoms with E-state index < -0.39 is 22.0 Å². The Morgan fingerprint density at radius 2 is 1.78 bits per heavy atom. The third-order valence-electron chi connectivity index (χ3n) is 6.40. The fraction of sp³-hybridized carbons (Fsp3) is 0.577. The molecule has 0 bridgehead atoms. The van der Waals surface area contributed by atoms with E-state index in [9.17, 15) is 21.6 Å². The molecule has 1 aromatic heterocycles. The molecule has 1 aliphatic heterocycles. The number of nitrogens with one attached hydrogen (secondary N) is 1. The van der Waals surface area contributed by atoms with Gasteiger partial charge in [-0.25, -0.2) is 13.1 Å². The van der Waals surface area contributed by atoms with E-state index in [1.54, 1.807) is 0 Å². The van der Waals surface area contributed by atoms with Crippen LogP contribution in [0.2, 0.25) is 0 Å². The van der Waals surface area contributed by atoms with Crippen molar-refractivity contribution in [3.8, 4) is 11.3 Å². The minimum atomic E-state index is -4.82. The highest BCUT2D eigenvalue weighted by molar-refractivity contribution is 7.89. The van der Waals surface area contributed by atoms with Crippen LogP contribution in [0.1, 0.15) is 55.6 Å². The van der Waals surface area contributed by atoms with Crippen molar-refractivity contribution in [3.05, 3.63) is 52.2 Å². The Labute approximate surface area is 212 Å². The third kappa shape index (κ3) is 7.50. The van der Waals surface area contributed by atoms with Gasteiger partial charge in [-0.1, -0.05) is 32.0 Å². The van der Waals surface area contributed by atoms with Crippen LogP contribution in [0.15, 0.2) is 24.3 Å². The molecule has 0 saturated carbocycles. The standard InChI is InChI=1S/C26H36F3N3O3S/c1-6-19-9-8-10-20(7-2)24(19)23-13-21(14-30-36(33,34)17-26(27,28)29)22(18(3)31-23)15-32-11-12-35-25(4,5)16-32/h8-10,13,30H,6-7,11-12,14-17H2,1-5H3. The number of hydrogen-bond donors (Lipinski definition) is 1. The van der Waals surface area contributed by atoms with Crippen LogP contribution in [0.4, 0.5) is 13.2 Å². The summed E-state index contributed by atoms with van der Waals surface area (Å²) in [5.41, 5.74) is 5.79. The number of aryl methyl sites for hydroxylation is 3. The van der Waals surface area contributed by atoms with E-state index in [0.29, 0.717) is 37.5 Å². The molecule has 3 rings (SSSR count). The summed E-state index contributed by atoms with van der Waals surface area (Å²) in [6.07, 6.45) is -3.23. The van der Waals surface area contributed by atoms with Crippen molar-refractivity contribution in [2.24, 2.45) is 0 Å². The second kappa shape index (κ2) is 11.2. The molecule has 200 valence electrons. The van der Waals surface area contributed by atoms with E-state index in [4.69, 9.17) is 9.72 Å². The first kappa shape index (κ1) is 28.6. The molecule has 0 amide bonds. The van der Waals surface area contributed by atoms with Crippen molar-refractivity contribution in [1.29, 1.82) is 0 Å². The van der Waals surface area contributed by atoms with Crippen LogP contribution in [0.25, 0.3) is 11.3 Å². The van der Waals surface area contributed by atoms with Gasteiger partial charge in [-0.15, -0.1) is 0 Å². The number of hydrogen-bond acceptors (Lipinski definition) is 5. The fourth-order valence-corrected chi connectivity index (χ4v) is 5.67. The summed E-state index contributed by atoms with van der Waals surface area (Å²) in [7, 11) is -4.55. The van der Waals surface area contributed by atoms with Gasteiger partial charge >= 0.3 is 6.18 Å². The van der Waals surface area contributed by atoms with Crippen molar-refractivity contribution in [2.45, 2.75) is 72.3 Å². The zero-order chi connectivity index (χ0) is 26.7. The van der Waals surface area contributed by atoms with Crippen molar-refractivity contribution >= 4 is 10.0 Å². The Bertz CT molecular complexity index is 1160. The number of halogens is 3. The summed E-state index contributed by atoms with van der Waals surface area (Å²) >= 11 is 0. The molecule has 1 aromatic carbocycles. The minimum absolute atomic E-state index is 0.242. The maximum Gasteiger partial charge on any atom is 0.404 e. The van der Waals surface area contributed by atoms with E-state index in [-0.39, 0.29) is 12.1 Å². The van der Waals surface area contributed by atoms with Gasteiger partial charge in [0.05, 0.1) is 17.9 Å². The highest BCUT2D eigenvalue weighted by Gasteiger charge is 2.35. The van der Waals surface area contributed by atoms with Gasteiger partial charge in [0.2, 0.25) is 10.0 Å². The fourth-order valence-electron chi connectivity index (χ4n) is 4.77. The molecule has 2 heterocycles. The van der Waals surface area contributed by atoms with Crippen LogP contribution in [-0.4, -0.2) is 55.5 Å². The smallest absolute Gasteiger partial charge is 0.373 e. The molecular formula is C26H36F3N3O3S. The first-order chi connectivity index (χ1) is 16.7. The third-order valence-corrected chi connectivity index (χ3v) is 7.69. The highest BCUT2D eigenvalue weighted by Crippen LogP contribution is 2.31. The molecule has 0 aliphatic carbocycles. The zero-order valence-corrected chi connectivity index (χ0v) is 22.4. The SMILES string of the molecule is CCc1cccc(CC)c1-c1cc(CNS(=O)(=O)CC(F)(F)F)c(CN2CCOC(C)(C)C2)c(C)n1. The molecule has 1 N–H and O–H groups in total. The predicted octanol–water partition coefficient (Wildman–Crippen LogP) is 4.77. The monoisotopic (exact) mass is 527 g/mol. The lowest BCUT2D eigenvalue weighted by atomic mass is 9.92. The second-order valence-corrected chi connectivity index (χ2v) is 11.7. The Hall–Kier alpha value is -2.01. The van der Waals surface area contributed by atoms with Gasteiger partial charge in [0, 0.05) is 37.4 Å². The Balaban J connectivity index is 2.05. The Morgan fingerprint density at radius 3 is 2.33 bits per heavy atom. The summed E-state index contributed by atoms with van der Waals surface area (Å²) in [5, 5.41) is 0. The van der Waals surface area contributed by atoms with Gasteiger partial charge in [-0.3, -0.25) is 9.88 Å². The second-order valence-electron chi connectivity index (χ2n) is 9.90. The quantitative estimate of drug-likeness (QED) is 0.509. The van der Waals surface area contributed by atoms with Crippen molar-refractivity contribution in [2.75, 3.05) is 25.4 Å². The van der Waals surface area contributed by atoms with Crippen LogP contribution in [0, 0.1) is 6.92 Å². The first-order valence-electron chi connectivity index (χ1n) is 12.2. The van der Waals surface area contributed by atoms with Gasteiger partial charge in [-0.2, -0.15) is 13.2 Å². The molecule has 2 aromatic rings. The van der Waals surface area contributed by atoms with E-state index in [2.05, 4.69) is 23.5 Å². The first-order valence-corrected chi connectivity index (χ1v) is 13.9. The lowest BCUT2D eigenvalue weighted by Crippen LogP contribution is -2.48. The van der Waals surface area contributed by atoms with E-state index >= 15 is 0 Å². The molecule has 10 heteroatoms.